The van der Waals surface area contributed by atoms with Gasteiger partial charge in [-0.25, -0.2) is 9.59 Å². The highest BCUT2D eigenvalue weighted by molar-refractivity contribution is 7.10. The molecule has 0 unspecified atom stereocenters. The molecule has 1 spiro atoms. The average Bonchev–Trinajstić information content (AvgIpc) is 3.29. The summed E-state index contributed by atoms with van der Waals surface area (Å²) in [5.41, 5.74) is 0.535. The number of rotatable bonds is 6. The molecule has 8 heteroatoms. The molecule has 2 N–H and O–H groups in total. The predicted molar refractivity (Wildman–Crippen MR) is 100.0 cm³/mol. The first kappa shape index (κ1) is 18.7. The summed E-state index contributed by atoms with van der Waals surface area (Å²) in [5.74, 6) is -0.100. The summed E-state index contributed by atoms with van der Waals surface area (Å²) in [6, 6.07) is 1.59. The lowest BCUT2D eigenvalue weighted by atomic mass is 9.98. The highest BCUT2D eigenvalue weighted by atomic mass is 32.1. The van der Waals surface area contributed by atoms with Crippen LogP contribution in [0.5, 0.6) is 0 Å². The fourth-order valence-electron chi connectivity index (χ4n) is 3.62. The fourth-order valence-corrected chi connectivity index (χ4v) is 4.58. The molecule has 1 saturated carbocycles. The summed E-state index contributed by atoms with van der Waals surface area (Å²) < 4.78 is 0. The Bertz CT molecular complexity index is 696. The number of amides is 5. The molecule has 0 radical (unpaired) electrons. The second-order valence-corrected chi connectivity index (χ2v) is 8.15. The SMILES string of the molecule is Cc1ccsc1CN(C)C(=O)NCCCN1C(=O)NC2(CCCC2)C1=O. The number of carbonyl (C=O) groups excluding carboxylic acids is 3. The van der Waals surface area contributed by atoms with Gasteiger partial charge in [0.1, 0.15) is 5.54 Å². The largest absolute Gasteiger partial charge is 0.338 e. The van der Waals surface area contributed by atoms with Crippen LogP contribution in [-0.2, 0) is 11.3 Å². The maximum Gasteiger partial charge on any atom is 0.325 e. The van der Waals surface area contributed by atoms with Gasteiger partial charge < -0.3 is 15.5 Å². The molecule has 2 aliphatic rings. The molecule has 1 aliphatic heterocycles. The van der Waals surface area contributed by atoms with E-state index in [0.29, 0.717) is 26.1 Å². The van der Waals surface area contributed by atoms with Crippen molar-refractivity contribution in [2.24, 2.45) is 0 Å². The molecular formula is C18H26N4O3S. The molecule has 0 bridgehead atoms. The Morgan fingerprint density at radius 3 is 2.77 bits per heavy atom. The van der Waals surface area contributed by atoms with Gasteiger partial charge >= 0.3 is 12.1 Å². The first-order valence-electron chi connectivity index (χ1n) is 9.09. The van der Waals surface area contributed by atoms with Crippen LogP contribution in [0.3, 0.4) is 0 Å². The molecular weight excluding hydrogens is 352 g/mol. The fraction of sp³-hybridized carbons (Fsp3) is 0.611. The topological polar surface area (TPSA) is 81.8 Å². The third kappa shape index (κ3) is 3.70. The second kappa shape index (κ2) is 7.65. The highest BCUT2D eigenvalue weighted by Crippen LogP contribution is 2.34. The zero-order valence-corrected chi connectivity index (χ0v) is 16.2. The Morgan fingerprint density at radius 2 is 2.12 bits per heavy atom. The van der Waals surface area contributed by atoms with Gasteiger partial charge in [-0.2, -0.15) is 0 Å². The lowest BCUT2D eigenvalue weighted by Gasteiger charge is -2.20. The van der Waals surface area contributed by atoms with E-state index in [0.717, 1.165) is 25.7 Å². The number of nitrogens with one attached hydrogen (secondary N) is 2. The van der Waals surface area contributed by atoms with Crippen LogP contribution >= 0.6 is 11.3 Å². The van der Waals surface area contributed by atoms with Crippen molar-refractivity contribution in [3.05, 3.63) is 21.9 Å². The molecule has 26 heavy (non-hydrogen) atoms. The monoisotopic (exact) mass is 378 g/mol. The Hall–Kier alpha value is -2.09. The smallest absolute Gasteiger partial charge is 0.325 e. The van der Waals surface area contributed by atoms with Gasteiger partial charge in [-0.15, -0.1) is 11.3 Å². The van der Waals surface area contributed by atoms with Crippen molar-refractivity contribution in [2.75, 3.05) is 20.1 Å². The van der Waals surface area contributed by atoms with Crippen LogP contribution in [0.15, 0.2) is 11.4 Å². The van der Waals surface area contributed by atoms with Gasteiger partial charge in [0.2, 0.25) is 0 Å². The Balaban J connectivity index is 1.41. The Kier molecular flexibility index (Phi) is 5.50. The van der Waals surface area contributed by atoms with E-state index in [9.17, 15) is 14.4 Å². The molecule has 1 aromatic heterocycles. The Morgan fingerprint density at radius 1 is 1.38 bits per heavy atom. The normalized spacial score (nSPS) is 18.5. The van der Waals surface area contributed by atoms with E-state index in [1.54, 1.807) is 23.3 Å². The third-order valence-electron chi connectivity index (χ3n) is 5.23. The zero-order valence-electron chi connectivity index (χ0n) is 15.3. The number of carbonyl (C=O) groups is 3. The van der Waals surface area contributed by atoms with Gasteiger partial charge in [-0.3, -0.25) is 9.69 Å². The molecule has 5 amide bonds. The van der Waals surface area contributed by atoms with Gasteiger partial charge in [0.15, 0.2) is 0 Å². The van der Waals surface area contributed by atoms with Crippen molar-refractivity contribution in [1.82, 2.24) is 20.4 Å². The van der Waals surface area contributed by atoms with Crippen molar-refractivity contribution < 1.29 is 14.4 Å². The van der Waals surface area contributed by atoms with Gasteiger partial charge in [0, 0.05) is 25.0 Å². The molecule has 2 fully saturated rings. The van der Waals surface area contributed by atoms with Crippen molar-refractivity contribution in [2.45, 2.75) is 51.1 Å². The van der Waals surface area contributed by atoms with Crippen molar-refractivity contribution in [3.8, 4) is 0 Å². The summed E-state index contributed by atoms with van der Waals surface area (Å²) >= 11 is 1.64. The lowest BCUT2D eigenvalue weighted by molar-refractivity contribution is -0.131. The van der Waals surface area contributed by atoms with E-state index in [1.165, 1.54) is 15.3 Å². The molecule has 2 heterocycles. The highest BCUT2D eigenvalue weighted by Gasteiger charge is 2.51. The third-order valence-corrected chi connectivity index (χ3v) is 6.24. The Labute approximate surface area is 157 Å². The van der Waals surface area contributed by atoms with Gasteiger partial charge in [-0.05, 0) is 43.2 Å². The molecule has 3 rings (SSSR count). The van der Waals surface area contributed by atoms with Gasteiger partial charge in [-0.1, -0.05) is 12.8 Å². The second-order valence-electron chi connectivity index (χ2n) is 7.14. The van der Waals surface area contributed by atoms with E-state index < -0.39 is 5.54 Å². The molecule has 0 aromatic carbocycles. The minimum Gasteiger partial charge on any atom is -0.338 e. The van der Waals surface area contributed by atoms with Crippen molar-refractivity contribution >= 4 is 29.3 Å². The predicted octanol–water partition coefficient (Wildman–Crippen LogP) is 2.45. The van der Waals surface area contributed by atoms with Crippen LogP contribution in [-0.4, -0.2) is 53.4 Å². The number of imide groups is 1. The van der Waals surface area contributed by atoms with Crippen LogP contribution in [0.4, 0.5) is 9.59 Å². The maximum atomic E-state index is 12.5. The molecule has 142 valence electrons. The van der Waals surface area contributed by atoms with E-state index in [-0.39, 0.29) is 18.0 Å². The molecule has 1 aromatic rings. The van der Waals surface area contributed by atoms with Crippen LogP contribution in [0.25, 0.3) is 0 Å². The number of urea groups is 2. The summed E-state index contributed by atoms with van der Waals surface area (Å²) in [7, 11) is 1.76. The van der Waals surface area contributed by atoms with Crippen LogP contribution in [0, 0.1) is 6.92 Å². The number of aryl methyl sites for hydroxylation is 1. The minimum atomic E-state index is -0.654. The summed E-state index contributed by atoms with van der Waals surface area (Å²) in [6.07, 6.45) is 3.97. The molecule has 1 saturated heterocycles. The molecule has 7 nitrogen and oxygen atoms in total. The number of nitrogens with zero attached hydrogens (tertiary/aromatic N) is 2. The number of thiophene rings is 1. The number of hydrogen-bond donors (Lipinski definition) is 2. The zero-order chi connectivity index (χ0) is 18.7. The summed E-state index contributed by atoms with van der Waals surface area (Å²) in [4.78, 5) is 40.9. The van der Waals surface area contributed by atoms with E-state index in [1.807, 2.05) is 18.4 Å². The molecule has 1 aliphatic carbocycles. The quantitative estimate of drug-likeness (QED) is 0.589. The first-order valence-corrected chi connectivity index (χ1v) is 9.97. The van der Waals surface area contributed by atoms with E-state index >= 15 is 0 Å². The van der Waals surface area contributed by atoms with E-state index in [4.69, 9.17) is 0 Å². The van der Waals surface area contributed by atoms with Crippen molar-refractivity contribution in [1.29, 1.82) is 0 Å². The minimum absolute atomic E-state index is 0.100. The standard InChI is InChI=1S/C18H26N4O3S/c1-13-6-11-26-14(13)12-21(2)16(24)19-9-5-10-22-15(23)18(20-17(22)25)7-3-4-8-18/h6,11H,3-5,7-10,12H2,1-2H3,(H,19,24)(H,20,25). The summed E-state index contributed by atoms with van der Waals surface area (Å²) in [6.45, 7) is 3.37. The average molecular weight is 378 g/mol. The lowest BCUT2D eigenvalue weighted by Crippen LogP contribution is -2.44. The van der Waals surface area contributed by atoms with E-state index in [2.05, 4.69) is 10.6 Å². The van der Waals surface area contributed by atoms with Crippen LogP contribution < -0.4 is 10.6 Å². The van der Waals surface area contributed by atoms with Gasteiger partial charge in [0.25, 0.3) is 5.91 Å². The first-order chi connectivity index (χ1) is 12.4. The van der Waals surface area contributed by atoms with Crippen molar-refractivity contribution in [3.63, 3.8) is 0 Å². The molecule has 0 atom stereocenters. The van der Waals surface area contributed by atoms with Crippen LogP contribution in [0.1, 0.15) is 42.5 Å². The van der Waals surface area contributed by atoms with Crippen LogP contribution in [0.2, 0.25) is 0 Å². The number of hydrogen-bond acceptors (Lipinski definition) is 4. The maximum absolute atomic E-state index is 12.5. The summed E-state index contributed by atoms with van der Waals surface area (Å²) in [5, 5.41) is 7.74. The van der Waals surface area contributed by atoms with Gasteiger partial charge in [0.05, 0.1) is 6.54 Å².